The highest BCUT2D eigenvalue weighted by molar-refractivity contribution is 6.30. The van der Waals surface area contributed by atoms with Gasteiger partial charge in [0.2, 0.25) is 0 Å². The smallest absolute Gasteiger partial charge is 0.127 e. The number of hydrogen-bond donors (Lipinski definition) is 0. The molecule has 0 spiro atoms. The average Bonchev–Trinajstić information content (AvgIpc) is 3.09. The lowest BCUT2D eigenvalue weighted by Gasteiger charge is -2.43. The van der Waals surface area contributed by atoms with Crippen molar-refractivity contribution in [1.82, 2.24) is 9.80 Å². The molecule has 3 nitrogen and oxygen atoms in total. The second-order valence-corrected chi connectivity index (χ2v) is 7.60. The molecule has 2 aromatic carbocycles. The highest BCUT2D eigenvalue weighted by Gasteiger charge is 2.36. The van der Waals surface area contributed by atoms with Crippen molar-refractivity contribution in [2.75, 3.05) is 19.6 Å². The molecule has 0 aliphatic carbocycles. The van der Waals surface area contributed by atoms with Crippen molar-refractivity contribution >= 4 is 11.6 Å². The van der Waals surface area contributed by atoms with Gasteiger partial charge in [-0.25, -0.2) is 0 Å². The molecular formula is C21H25ClN2O. The number of ether oxygens (including phenoxy) is 1. The first-order valence-electron chi connectivity index (χ1n) is 9.19. The molecule has 2 aromatic rings. The van der Waals surface area contributed by atoms with Crippen LogP contribution in [-0.2, 0) is 6.54 Å². The molecule has 0 aromatic heterocycles. The van der Waals surface area contributed by atoms with Crippen LogP contribution < -0.4 is 4.74 Å². The SMILES string of the molecule is C[C@H]1[C@@H]2CCCN2CCN1Cc1cccc(Oc2ccc(Cl)cc2)c1. The highest BCUT2D eigenvalue weighted by Crippen LogP contribution is 2.29. The van der Waals surface area contributed by atoms with Crippen LogP contribution >= 0.6 is 11.6 Å². The molecule has 2 aliphatic rings. The van der Waals surface area contributed by atoms with Crippen molar-refractivity contribution < 1.29 is 4.74 Å². The molecule has 2 atom stereocenters. The van der Waals surface area contributed by atoms with Gasteiger partial charge < -0.3 is 4.74 Å². The van der Waals surface area contributed by atoms with E-state index in [1.54, 1.807) is 0 Å². The van der Waals surface area contributed by atoms with Gasteiger partial charge in [-0.3, -0.25) is 9.80 Å². The van der Waals surface area contributed by atoms with E-state index < -0.39 is 0 Å². The van der Waals surface area contributed by atoms with Crippen LogP contribution in [0.2, 0.25) is 5.02 Å². The van der Waals surface area contributed by atoms with Gasteiger partial charge in [-0.2, -0.15) is 0 Å². The molecule has 0 unspecified atom stereocenters. The Morgan fingerprint density at radius 1 is 1.04 bits per heavy atom. The number of nitrogens with zero attached hydrogens (tertiary/aromatic N) is 2. The Labute approximate surface area is 155 Å². The minimum absolute atomic E-state index is 0.622. The normalized spacial score (nSPS) is 24.2. The highest BCUT2D eigenvalue weighted by atomic mass is 35.5. The van der Waals surface area contributed by atoms with Crippen molar-refractivity contribution in [3.05, 3.63) is 59.1 Å². The molecular weight excluding hydrogens is 332 g/mol. The topological polar surface area (TPSA) is 15.7 Å². The molecule has 132 valence electrons. The zero-order chi connectivity index (χ0) is 17.2. The Hall–Kier alpha value is -1.55. The Morgan fingerprint density at radius 2 is 1.88 bits per heavy atom. The zero-order valence-electron chi connectivity index (χ0n) is 14.7. The number of benzene rings is 2. The third-order valence-corrected chi connectivity index (χ3v) is 5.81. The van der Waals surface area contributed by atoms with Crippen molar-refractivity contribution in [2.24, 2.45) is 0 Å². The van der Waals surface area contributed by atoms with E-state index in [1.165, 1.54) is 31.5 Å². The summed E-state index contributed by atoms with van der Waals surface area (Å²) in [5.41, 5.74) is 1.31. The second kappa shape index (κ2) is 7.36. The minimum Gasteiger partial charge on any atom is -0.457 e. The van der Waals surface area contributed by atoms with Gasteiger partial charge in [0.1, 0.15) is 11.5 Å². The first kappa shape index (κ1) is 16.9. The molecule has 2 saturated heterocycles. The van der Waals surface area contributed by atoms with Crippen LogP contribution in [0.5, 0.6) is 11.5 Å². The molecule has 0 saturated carbocycles. The van der Waals surface area contributed by atoms with Gasteiger partial charge in [0.25, 0.3) is 0 Å². The van der Waals surface area contributed by atoms with E-state index in [4.69, 9.17) is 16.3 Å². The van der Waals surface area contributed by atoms with Gasteiger partial charge >= 0.3 is 0 Å². The van der Waals surface area contributed by atoms with E-state index in [9.17, 15) is 0 Å². The van der Waals surface area contributed by atoms with Gasteiger partial charge in [-0.05, 0) is 68.3 Å². The average molecular weight is 357 g/mol. The number of fused-ring (bicyclic) bond motifs is 1. The molecule has 0 radical (unpaired) electrons. The van der Waals surface area contributed by atoms with Gasteiger partial charge in [-0.1, -0.05) is 23.7 Å². The third kappa shape index (κ3) is 3.84. The summed E-state index contributed by atoms with van der Waals surface area (Å²) < 4.78 is 5.97. The van der Waals surface area contributed by atoms with E-state index >= 15 is 0 Å². The Morgan fingerprint density at radius 3 is 2.72 bits per heavy atom. The summed E-state index contributed by atoms with van der Waals surface area (Å²) in [5, 5.41) is 0.723. The Kier molecular flexibility index (Phi) is 4.98. The van der Waals surface area contributed by atoms with Crippen LogP contribution in [0.25, 0.3) is 0 Å². The molecule has 0 amide bonds. The number of hydrogen-bond acceptors (Lipinski definition) is 3. The summed E-state index contributed by atoms with van der Waals surface area (Å²) in [5.74, 6) is 1.70. The van der Waals surface area contributed by atoms with E-state index in [0.717, 1.165) is 35.7 Å². The fourth-order valence-electron chi connectivity index (χ4n) is 4.18. The molecule has 0 N–H and O–H groups in total. The van der Waals surface area contributed by atoms with Crippen LogP contribution in [0, 0.1) is 0 Å². The molecule has 4 rings (SSSR count). The van der Waals surface area contributed by atoms with Crippen molar-refractivity contribution in [3.8, 4) is 11.5 Å². The lowest BCUT2D eigenvalue weighted by Crippen LogP contribution is -2.55. The largest absolute Gasteiger partial charge is 0.457 e. The maximum absolute atomic E-state index is 5.97. The fourth-order valence-corrected chi connectivity index (χ4v) is 4.31. The Balaban J connectivity index is 1.43. The predicted octanol–water partition coefficient (Wildman–Crippen LogP) is 4.80. The summed E-state index contributed by atoms with van der Waals surface area (Å²) in [7, 11) is 0. The number of halogens is 1. The van der Waals surface area contributed by atoms with Gasteiger partial charge in [-0.15, -0.1) is 0 Å². The van der Waals surface area contributed by atoms with Crippen molar-refractivity contribution in [3.63, 3.8) is 0 Å². The maximum Gasteiger partial charge on any atom is 0.127 e. The first-order chi connectivity index (χ1) is 12.2. The molecule has 2 fully saturated rings. The van der Waals surface area contributed by atoms with E-state index in [1.807, 2.05) is 30.3 Å². The van der Waals surface area contributed by atoms with Crippen LogP contribution in [-0.4, -0.2) is 41.5 Å². The second-order valence-electron chi connectivity index (χ2n) is 7.16. The minimum atomic E-state index is 0.622. The summed E-state index contributed by atoms with van der Waals surface area (Å²) in [6.07, 6.45) is 2.70. The van der Waals surface area contributed by atoms with Gasteiger partial charge in [0, 0.05) is 36.7 Å². The summed E-state index contributed by atoms with van der Waals surface area (Å²) >= 11 is 5.94. The standard InChI is InChI=1S/C21H25ClN2O/c1-16-21-6-3-11-23(21)12-13-24(16)15-17-4-2-5-20(14-17)25-19-9-7-18(22)8-10-19/h2,4-5,7-10,14,16,21H,3,6,11-13,15H2,1H3/t16-,21-/m0/s1. The molecule has 2 aliphatic heterocycles. The molecule has 4 heteroatoms. The van der Waals surface area contributed by atoms with Crippen LogP contribution in [0.3, 0.4) is 0 Å². The Bertz CT molecular complexity index is 718. The van der Waals surface area contributed by atoms with E-state index in [0.29, 0.717) is 6.04 Å². The van der Waals surface area contributed by atoms with Gasteiger partial charge in [0.15, 0.2) is 0 Å². The lowest BCUT2D eigenvalue weighted by atomic mass is 10.0. The summed E-state index contributed by atoms with van der Waals surface area (Å²) in [6.45, 7) is 7.02. The molecule has 25 heavy (non-hydrogen) atoms. The number of rotatable bonds is 4. The summed E-state index contributed by atoms with van der Waals surface area (Å²) in [6, 6.07) is 17.3. The lowest BCUT2D eigenvalue weighted by molar-refractivity contribution is 0.0470. The van der Waals surface area contributed by atoms with Crippen LogP contribution in [0.1, 0.15) is 25.3 Å². The van der Waals surface area contributed by atoms with Crippen molar-refractivity contribution in [1.29, 1.82) is 0 Å². The number of piperazine rings is 1. The molecule has 0 bridgehead atoms. The van der Waals surface area contributed by atoms with Crippen LogP contribution in [0.4, 0.5) is 0 Å². The predicted molar refractivity (Wildman–Crippen MR) is 102 cm³/mol. The van der Waals surface area contributed by atoms with Crippen molar-refractivity contribution in [2.45, 2.75) is 38.4 Å². The third-order valence-electron chi connectivity index (χ3n) is 5.55. The quantitative estimate of drug-likeness (QED) is 0.782. The van der Waals surface area contributed by atoms with Crippen LogP contribution in [0.15, 0.2) is 48.5 Å². The van der Waals surface area contributed by atoms with E-state index in [-0.39, 0.29) is 0 Å². The fraction of sp³-hybridized carbons (Fsp3) is 0.429. The van der Waals surface area contributed by atoms with Gasteiger partial charge in [0.05, 0.1) is 0 Å². The zero-order valence-corrected chi connectivity index (χ0v) is 15.5. The summed E-state index contributed by atoms with van der Waals surface area (Å²) in [4.78, 5) is 5.29. The maximum atomic E-state index is 5.97. The molecule has 2 heterocycles. The monoisotopic (exact) mass is 356 g/mol. The van der Waals surface area contributed by atoms with E-state index in [2.05, 4.69) is 34.9 Å². The first-order valence-corrected chi connectivity index (χ1v) is 9.57.